The first-order chi connectivity index (χ1) is 13.7. The summed E-state index contributed by atoms with van der Waals surface area (Å²) >= 11 is 0. The number of aromatic amines is 1. The number of para-hydroxylation sites is 1. The number of hydrogen-bond donors (Lipinski definition) is 3. The topological polar surface area (TPSA) is 66.1 Å². The fraction of sp³-hybridized carbons (Fsp3) is 0.348. The highest BCUT2D eigenvalue weighted by Gasteiger charge is 2.39. The van der Waals surface area contributed by atoms with Gasteiger partial charge in [-0.1, -0.05) is 48.5 Å². The van der Waals surface area contributed by atoms with E-state index in [0.29, 0.717) is 19.4 Å². The minimum atomic E-state index is -0.729. The Hall–Kier alpha value is -2.63. The number of amides is 1. The summed E-state index contributed by atoms with van der Waals surface area (Å²) in [5.41, 5.74) is 2.76. The van der Waals surface area contributed by atoms with Crippen LogP contribution in [0.4, 0.5) is 0 Å². The summed E-state index contributed by atoms with van der Waals surface area (Å²) < 4.78 is 5.68. The zero-order chi connectivity index (χ0) is 19.4. The number of aromatic nitrogens is 1. The molecule has 1 atom stereocenters. The van der Waals surface area contributed by atoms with Crippen LogP contribution in [0, 0.1) is 0 Å². The van der Waals surface area contributed by atoms with Gasteiger partial charge in [-0.15, -0.1) is 0 Å². The molecule has 2 aromatic carbocycles. The summed E-state index contributed by atoms with van der Waals surface area (Å²) in [5.74, 6) is 0.0502. The van der Waals surface area contributed by atoms with Crippen molar-refractivity contribution in [1.29, 1.82) is 0 Å². The molecule has 5 heteroatoms. The highest BCUT2D eigenvalue weighted by Crippen LogP contribution is 2.31. The second kappa shape index (κ2) is 8.17. The molecule has 3 N–H and O–H groups in total. The number of H-pyrrole nitrogens is 1. The molecule has 1 amide bonds. The number of benzene rings is 2. The van der Waals surface area contributed by atoms with Crippen LogP contribution in [-0.2, 0) is 9.53 Å². The van der Waals surface area contributed by atoms with Crippen molar-refractivity contribution in [2.24, 2.45) is 0 Å². The third-order valence-electron chi connectivity index (χ3n) is 5.88. The first-order valence-electron chi connectivity index (χ1n) is 9.89. The van der Waals surface area contributed by atoms with E-state index in [0.717, 1.165) is 18.6 Å². The quantitative estimate of drug-likeness (QED) is 0.618. The average Bonchev–Trinajstić information content (AvgIpc) is 3.19. The Morgan fingerprint density at radius 3 is 2.57 bits per heavy atom. The lowest BCUT2D eigenvalue weighted by Crippen LogP contribution is -2.54. The third-order valence-corrected chi connectivity index (χ3v) is 5.88. The molecule has 1 unspecified atom stereocenters. The molecule has 1 fully saturated rings. The summed E-state index contributed by atoms with van der Waals surface area (Å²) in [7, 11) is 1.64. The molecule has 0 radical (unpaired) electrons. The molecule has 0 spiro atoms. The highest BCUT2D eigenvalue weighted by molar-refractivity contribution is 5.86. The van der Waals surface area contributed by atoms with Crippen molar-refractivity contribution in [2.45, 2.75) is 24.4 Å². The second-order valence-corrected chi connectivity index (χ2v) is 7.41. The summed E-state index contributed by atoms with van der Waals surface area (Å²) in [6, 6.07) is 18.6. The minimum Gasteiger partial charge on any atom is -0.368 e. The van der Waals surface area contributed by atoms with Crippen molar-refractivity contribution in [3.8, 4) is 0 Å². The van der Waals surface area contributed by atoms with Gasteiger partial charge in [0.2, 0.25) is 0 Å². The van der Waals surface area contributed by atoms with E-state index in [-0.39, 0.29) is 11.8 Å². The van der Waals surface area contributed by atoms with Crippen LogP contribution < -0.4 is 10.6 Å². The van der Waals surface area contributed by atoms with Crippen LogP contribution in [0.2, 0.25) is 0 Å². The average molecular weight is 377 g/mol. The first-order valence-corrected chi connectivity index (χ1v) is 9.89. The molecular weight excluding hydrogens is 350 g/mol. The molecule has 0 aliphatic carbocycles. The highest BCUT2D eigenvalue weighted by atomic mass is 16.5. The summed E-state index contributed by atoms with van der Waals surface area (Å²) in [6.45, 7) is 2.13. The second-order valence-electron chi connectivity index (χ2n) is 7.41. The summed E-state index contributed by atoms with van der Waals surface area (Å²) in [5, 5.41) is 7.68. The smallest absolute Gasteiger partial charge is 0.252 e. The number of nitrogens with one attached hydrogen (secondary N) is 3. The zero-order valence-electron chi connectivity index (χ0n) is 16.2. The van der Waals surface area contributed by atoms with Gasteiger partial charge in [0.25, 0.3) is 5.91 Å². The molecule has 0 bridgehead atoms. The first kappa shape index (κ1) is 18.7. The van der Waals surface area contributed by atoms with Gasteiger partial charge in [0, 0.05) is 36.7 Å². The van der Waals surface area contributed by atoms with Gasteiger partial charge in [-0.2, -0.15) is 0 Å². The van der Waals surface area contributed by atoms with E-state index < -0.39 is 5.60 Å². The van der Waals surface area contributed by atoms with Crippen LogP contribution in [0.3, 0.4) is 0 Å². The largest absolute Gasteiger partial charge is 0.368 e. The normalized spacial score (nSPS) is 17.3. The van der Waals surface area contributed by atoms with Crippen LogP contribution in [0.5, 0.6) is 0 Å². The number of piperidine rings is 1. The number of hydrogen-bond acceptors (Lipinski definition) is 3. The number of methoxy groups -OCH3 is 1. The van der Waals surface area contributed by atoms with Crippen molar-refractivity contribution in [1.82, 2.24) is 15.6 Å². The van der Waals surface area contributed by atoms with Gasteiger partial charge in [-0.3, -0.25) is 4.79 Å². The van der Waals surface area contributed by atoms with Gasteiger partial charge in [0.1, 0.15) is 5.60 Å². The van der Waals surface area contributed by atoms with Crippen molar-refractivity contribution < 1.29 is 9.53 Å². The van der Waals surface area contributed by atoms with Crippen molar-refractivity contribution in [2.75, 3.05) is 26.7 Å². The third kappa shape index (κ3) is 3.55. The zero-order valence-corrected chi connectivity index (χ0v) is 16.2. The maximum Gasteiger partial charge on any atom is 0.252 e. The van der Waals surface area contributed by atoms with E-state index in [1.54, 1.807) is 7.11 Å². The van der Waals surface area contributed by atoms with Gasteiger partial charge in [-0.25, -0.2) is 0 Å². The molecule has 5 nitrogen and oxygen atoms in total. The molecule has 1 aromatic heterocycles. The van der Waals surface area contributed by atoms with Crippen molar-refractivity contribution in [3.05, 3.63) is 71.9 Å². The molecule has 1 aliphatic heterocycles. The summed E-state index contributed by atoms with van der Waals surface area (Å²) in [6.07, 6.45) is 3.45. The Balaban J connectivity index is 1.61. The van der Waals surface area contributed by atoms with E-state index in [1.807, 2.05) is 24.3 Å². The molecule has 146 valence electrons. The Morgan fingerprint density at radius 2 is 1.82 bits per heavy atom. The number of fused-ring (bicyclic) bond motifs is 1. The lowest BCUT2D eigenvalue weighted by atomic mass is 9.88. The number of carbonyl (C=O) groups excluding carboxylic acids is 1. The van der Waals surface area contributed by atoms with E-state index in [4.69, 9.17) is 4.74 Å². The Labute approximate surface area is 165 Å². The van der Waals surface area contributed by atoms with Gasteiger partial charge in [0.15, 0.2) is 0 Å². The van der Waals surface area contributed by atoms with Crippen molar-refractivity contribution in [3.63, 3.8) is 0 Å². The monoisotopic (exact) mass is 377 g/mol. The van der Waals surface area contributed by atoms with E-state index in [2.05, 4.69) is 52.1 Å². The minimum absolute atomic E-state index is 0.0164. The number of rotatable bonds is 6. The standard InChI is InChI=1S/C23H27N3O2/c1-28-23(11-13-24-14-12-23)22(27)26-15-19(17-7-3-2-4-8-17)20-16-25-21-10-6-5-9-18(20)21/h2-10,16,19,24-25H,11-15H2,1H3,(H,26,27). The lowest BCUT2D eigenvalue weighted by Gasteiger charge is -2.35. The summed E-state index contributed by atoms with van der Waals surface area (Å²) in [4.78, 5) is 16.4. The van der Waals surface area contributed by atoms with Gasteiger partial charge in [-0.05, 0) is 43.1 Å². The van der Waals surface area contributed by atoms with E-state index >= 15 is 0 Å². The molecule has 0 saturated carbocycles. The maximum atomic E-state index is 13.0. The Morgan fingerprint density at radius 1 is 1.11 bits per heavy atom. The van der Waals surface area contributed by atoms with Crippen LogP contribution in [0.25, 0.3) is 10.9 Å². The number of ether oxygens (including phenoxy) is 1. The predicted octanol–water partition coefficient (Wildman–Crippen LogP) is 3.18. The van der Waals surface area contributed by atoms with E-state index in [1.165, 1.54) is 16.5 Å². The Kier molecular flexibility index (Phi) is 5.46. The SMILES string of the molecule is COC1(C(=O)NCC(c2ccccc2)c2c[nH]c3ccccc23)CCNCC1. The molecular formula is C23H27N3O2. The van der Waals surface area contributed by atoms with Crippen molar-refractivity contribution >= 4 is 16.8 Å². The molecule has 1 aliphatic rings. The fourth-order valence-electron chi connectivity index (χ4n) is 4.19. The molecule has 3 aromatic rings. The van der Waals surface area contributed by atoms with Crippen LogP contribution in [-0.4, -0.2) is 43.2 Å². The lowest BCUT2D eigenvalue weighted by molar-refractivity contribution is -0.146. The van der Waals surface area contributed by atoms with E-state index in [9.17, 15) is 4.79 Å². The number of carbonyl (C=O) groups is 1. The molecule has 2 heterocycles. The maximum absolute atomic E-state index is 13.0. The fourth-order valence-corrected chi connectivity index (χ4v) is 4.19. The Bertz CT molecular complexity index is 929. The van der Waals surface area contributed by atoms with Gasteiger partial charge in [0.05, 0.1) is 0 Å². The molecule has 1 saturated heterocycles. The molecule has 4 rings (SSSR count). The van der Waals surface area contributed by atoms with Gasteiger partial charge < -0.3 is 20.4 Å². The molecule has 28 heavy (non-hydrogen) atoms. The predicted molar refractivity (Wildman–Crippen MR) is 111 cm³/mol. The van der Waals surface area contributed by atoms with Crippen LogP contribution in [0.15, 0.2) is 60.8 Å². The van der Waals surface area contributed by atoms with Crippen LogP contribution in [0.1, 0.15) is 29.9 Å². The van der Waals surface area contributed by atoms with Gasteiger partial charge >= 0.3 is 0 Å². The van der Waals surface area contributed by atoms with Crippen LogP contribution >= 0.6 is 0 Å².